The SMILES string of the molecule is COc1ccc(Oc2c(C)cc(-n3nc(C(=O)OCCc4scnc4C)c(=O)[nH]c3=O)cc2C)cc1Br. The maximum absolute atomic E-state index is 12.6. The Morgan fingerprint density at radius 1 is 1.14 bits per heavy atom. The third-order valence-electron chi connectivity index (χ3n) is 5.46. The first-order chi connectivity index (χ1) is 17.7. The number of aryl methyl sites for hydroxylation is 3. The van der Waals surface area contributed by atoms with Gasteiger partial charge in [0.15, 0.2) is 0 Å². The molecular formula is C25H23BrN4O6S. The second kappa shape index (κ2) is 11.1. The average molecular weight is 587 g/mol. The number of thiazole rings is 1. The monoisotopic (exact) mass is 586 g/mol. The van der Waals surface area contributed by atoms with Gasteiger partial charge in [-0.2, -0.15) is 9.78 Å². The Kier molecular flexibility index (Phi) is 7.89. The highest BCUT2D eigenvalue weighted by Gasteiger charge is 2.19. The fraction of sp³-hybridized carbons (Fsp3) is 0.240. The van der Waals surface area contributed by atoms with E-state index >= 15 is 0 Å². The van der Waals surface area contributed by atoms with Crippen LogP contribution in [0, 0.1) is 20.8 Å². The first kappa shape index (κ1) is 26.3. The highest BCUT2D eigenvalue weighted by atomic mass is 79.9. The number of nitrogens with one attached hydrogen (secondary N) is 1. The summed E-state index contributed by atoms with van der Waals surface area (Å²) in [6.45, 7) is 5.55. The molecule has 0 fully saturated rings. The Balaban J connectivity index is 1.58. The zero-order valence-electron chi connectivity index (χ0n) is 20.5. The molecule has 0 bridgehead atoms. The van der Waals surface area contributed by atoms with Crippen molar-refractivity contribution in [3.8, 4) is 22.9 Å². The van der Waals surface area contributed by atoms with Gasteiger partial charge in [0.25, 0.3) is 5.56 Å². The Morgan fingerprint density at radius 2 is 1.86 bits per heavy atom. The van der Waals surface area contributed by atoms with Crippen molar-refractivity contribution in [2.24, 2.45) is 0 Å². The molecule has 2 aromatic carbocycles. The largest absolute Gasteiger partial charge is 0.496 e. The van der Waals surface area contributed by atoms with Gasteiger partial charge < -0.3 is 14.2 Å². The Labute approximate surface area is 224 Å². The molecule has 12 heteroatoms. The Hall–Kier alpha value is -3.77. The summed E-state index contributed by atoms with van der Waals surface area (Å²) in [5.74, 6) is 0.934. The number of aromatic nitrogens is 4. The van der Waals surface area contributed by atoms with Gasteiger partial charge in [-0.15, -0.1) is 11.3 Å². The Bertz CT molecular complexity index is 1570. The van der Waals surface area contributed by atoms with Crippen molar-refractivity contribution in [2.45, 2.75) is 27.2 Å². The molecule has 0 unspecified atom stereocenters. The number of nitrogens with zero attached hydrogens (tertiary/aromatic N) is 3. The van der Waals surface area contributed by atoms with Gasteiger partial charge in [-0.05, 0) is 78.2 Å². The second-order valence-corrected chi connectivity index (χ2v) is 9.87. The number of esters is 1. The quantitative estimate of drug-likeness (QED) is 0.303. The number of ether oxygens (including phenoxy) is 3. The predicted molar refractivity (Wildman–Crippen MR) is 142 cm³/mol. The molecule has 0 saturated heterocycles. The number of halogens is 1. The van der Waals surface area contributed by atoms with Gasteiger partial charge in [-0.25, -0.2) is 14.6 Å². The summed E-state index contributed by atoms with van der Waals surface area (Å²) in [6.07, 6.45) is 0.463. The lowest BCUT2D eigenvalue weighted by molar-refractivity contribution is 0.0497. The summed E-state index contributed by atoms with van der Waals surface area (Å²) in [5.41, 5.74) is 2.14. The molecule has 0 aliphatic carbocycles. The van der Waals surface area contributed by atoms with Crippen LogP contribution in [-0.2, 0) is 11.2 Å². The van der Waals surface area contributed by atoms with E-state index in [1.165, 1.54) is 11.3 Å². The summed E-state index contributed by atoms with van der Waals surface area (Å²) in [6, 6.07) is 8.69. The van der Waals surface area contributed by atoms with Crippen molar-refractivity contribution in [3.63, 3.8) is 0 Å². The summed E-state index contributed by atoms with van der Waals surface area (Å²) in [5, 5.41) is 4.02. The van der Waals surface area contributed by atoms with E-state index in [1.807, 2.05) is 20.8 Å². The van der Waals surface area contributed by atoms with Crippen LogP contribution in [0.25, 0.3) is 5.69 Å². The van der Waals surface area contributed by atoms with Gasteiger partial charge in [-0.3, -0.25) is 9.78 Å². The Morgan fingerprint density at radius 3 is 2.49 bits per heavy atom. The zero-order valence-corrected chi connectivity index (χ0v) is 22.9. The number of hydrogen-bond donors (Lipinski definition) is 1. The van der Waals surface area contributed by atoms with E-state index in [1.54, 1.807) is 43.0 Å². The molecule has 192 valence electrons. The molecule has 0 saturated carbocycles. The lowest BCUT2D eigenvalue weighted by Gasteiger charge is -2.15. The van der Waals surface area contributed by atoms with Crippen LogP contribution in [0.4, 0.5) is 0 Å². The molecule has 0 spiro atoms. The van der Waals surface area contributed by atoms with Crippen LogP contribution in [0.15, 0.2) is 49.9 Å². The van der Waals surface area contributed by atoms with Gasteiger partial charge in [0.1, 0.15) is 17.2 Å². The number of benzene rings is 2. The number of carbonyl (C=O) groups excluding carboxylic acids is 1. The normalized spacial score (nSPS) is 10.8. The van der Waals surface area contributed by atoms with Crippen molar-refractivity contribution in [3.05, 3.63) is 88.5 Å². The number of aromatic amines is 1. The number of H-pyrrole nitrogens is 1. The predicted octanol–water partition coefficient (Wildman–Crippen LogP) is 4.27. The molecule has 0 aliphatic heterocycles. The summed E-state index contributed by atoms with van der Waals surface area (Å²) in [4.78, 5) is 44.7. The van der Waals surface area contributed by atoms with Crippen molar-refractivity contribution in [2.75, 3.05) is 13.7 Å². The molecule has 0 radical (unpaired) electrons. The van der Waals surface area contributed by atoms with Crippen molar-refractivity contribution in [1.82, 2.24) is 19.7 Å². The lowest BCUT2D eigenvalue weighted by atomic mass is 10.1. The first-order valence-corrected chi connectivity index (χ1v) is 12.8. The van der Waals surface area contributed by atoms with Crippen molar-refractivity contribution in [1.29, 1.82) is 0 Å². The fourth-order valence-electron chi connectivity index (χ4n) is 3.62. The highest BCUT2D eigenvalue weighted by molar-refractivity contribution is 9.10. The molecule has 10 nitrogen and oxygen atoms in total. The second-order valence-electron chi connectivity index (χ2n) is 8.07. The van der Waals surface area contributed by atoms with E-state index in [9.17, 15) is 14.4 Å². The van der Waals surface area contributed by atoms with E-state index < -0.39 is 22.9 Å². The summed E-state index contributed by atoms with van der Waals surface area (Å²) >= 11 is 4.90. The van der Waals surface area contributed by atoms with Gasteiger partial charge in [-0.1, -0.05) is 0 Å². The topological polar surface area (TPSA) is 125 Å². The molecule has 2 heterocycles. The molecule has 0 atom stereocenters. The molecule has 1 N–H and O–H groups in total. The molecule has 0 amide bonds. The van der Waals surface area contributed by atoms with Crippen LogP contribution >= 0.6 is 27.3 Å². The van der Waals surface area contributed by atoms with Crippen LogP contribution in [0.3, 0.4) is 0 Å². The van der Waals surface area contributed by atoms with E-state index in [4.69, 9.17) is 14.2 Å². The lowest BCUT2D eigenvalue weighted by Crippen LogP contribution is -2.36. The van der Waals surface area contributed by atoms with E-state index in [2.05, 4.69) is 31.0 Å². The van der Waals surface area contributed by atoms with E-state index in [-0.39, 0.29) is 6.61 Å². The highest BCUT2D eigenvalue weighted by Crippen LogP contribution is 2.34. The molecule has 37 heavy (non-hydrogen) atoms. The van der Waals surface area contributed by atoms with Crippen LogP contribution in [0.5, 0.6) is 17.2 Å². The minimum atomic E-state index is -0.921. The van der Waals surface area contributed by atoms with Crippen molar-refractivity contribution >= 4 is 33.2 Å². The minimum absolute atomic E-state index is 0.0494. The average Bonchev–Trinajstić information content (AvgIpc) is 3.26. The third-order valence-corrected chi connectivity index (χ3v) is 7.08. The van der Waals surface area contributed by atoms with Crippen LogP contribution in [-0.4, -0.2) is 39.4 Å². The number of rotatable bonds is 8. The molecular weight excluding hydrogens is 564 g/mol. The van der Waals surface area contributed by atoms with Gasteiger partial charge in [0.05, 0.1) is 35.1 Å². The first-order valence-electron chi connectivity index (χ1n) is 11.1. The fourth-order valence-corrected chi connectivity index (χ4v) is 4.90. The number of carbonyl (C=O) groups is 1. The van der Waals surface area contributed by atoms with Gasteiger partial charge in [0, 0.05) is 11.3 Å². The summed E-state index contributed by atoms with van der Waals surface area (Å²) in [7, 11) is 1.58. The maximum Gasteiger partial charge on any atom is 0.364 e. The van der Waals surface area contributed by atoms with E-state index in [0.717, 1.165) is 19.7 Å². The van der Waals surface area contributed by atoms with Crippen LogP contribution < -0.4 is 20.7 Å². The molecule has 2 aromatic heterocycles. The summed E-state index contributed by atoms with van der Waals surface area (Å²) < 4.78 is 18.3. The third kappa shape index (κ3) is 5.81. The standard InChI is InChI=1S/C25H23BrN4O6S/c1-13-9-16(10-14(2)22(13)36-17-5-6-19(34-4)18(26)11-17)30-25(33)28-23(31)21(29-30)24(32)35-8-7-20-15(3)27-12-37-20/h5-6,9-12H,7-8H2,1-4H3,(H,28,31,33). The smallest absolute Gasteiger partial charge is 0.364 e. The van der Waals surface area contributed by atoms with Crippen LogP contribution in [0.1, 0.15) is 32.2 Å². The molecule has 4 aromatic rings. The maximum atomic E-state index is 12.6. The van der Waals surface area contributed by atoms with Gasteiger partial charge >= 0.3 is 11.7 Å². The van der Waals surface area contributed by atoms with Crippen molar-refractivity contribution < 1.29 is 19.0 Å². The van der Waals surface area contributed by atoms with E-state index in [0.29, 0.717) is 40.5 Å². The molecule has 0 aliphatic rings. The van der Waals surface area contributed by atoms with Gasteiger partial charge in [0.2, 0.25) is 5.69 Å². The number of hydrogen-bond acceptors (Lipinski definition) is 9. The number of methoxy groups -OCH3 is 1. The minimum Gasteiger partial charge on any atom is -0.496 e. The van der Waals surface area contributed by atoms with Crippen LogP contribution in [0.2, 0.25) is 0 Å². The zero-order chi connectivity index (χ0) is 26.7. The molecule has 4 rings (SSSR count).